The molecule has 2 nitrogen and oxygen atoms in total. The van der Waals surface area contributed by atoms with E-state index in [0.717, 1.165) is 0 Å². The second-order valence-electron chi connectivity index (χ2n) is 1.90. The van der Waals surface area contributed by atoms with Crippen LogP contribution in [0.5, 0.6) is 0 Å². The minimum absolute atomic E-state index is 0.0301. The molecule has 0 spiro atoms. The Morgan fingerprint density at radius 3 is 2.90 bits per heavy atom. The van der Waals surface area contributed by atoms with Crippen molar-refractivity contribution < 1.29 is 0 Å². The molecule has 4 heteroatoms. The van der Waals surface area contributed by atoms with Crippen molar-refractivity contribution in [3.63, 3.8) is 0 Å². The average Bonchev–Trinajstić information content (AvgIpc) is 2.13. The van der Waals surface area contributed by atoms with Crippen LogP contribution in [0.3, 0.4) is 0 Å². The Morgan fingerprint density at radius 2 is 2.50 bits per heavy atom. The van der Waals surface area contributed by atoms with E-state index in [-0.39, 0.29) is 6.04 Å². The number of thioether (sulfide) groups is 1. The first-order valence-electron chi connectivity index (χ1n) is 2.93. The molecule has 1 atom stereocenters. The van der Waals surface area contributed by atoms with E-state index in [9.17, 15) is 0 Å². The van der Waals surface area contributed by atoms with Crippen molar-refractivity contribution in [2.45, 2.75) is 13.0 Å². The van der Waals surface area contributed by atoms with E-state index in [0.29, 0.717) is 9.36 Å². The van der Waals surface area contributed by atoms with Gasteiger partial charge in [0.15, 0.2) is 0 Å². The summed E-state index contributed by atoms with van der Waals surface area (Å²) >= 11 is 6.19. The van der Waals surface area contributed by atoms with Gasteiger partial charge in [-0.2, -0.15) is 0 Å². The molecule has 1 heterocycles. The fourth-order valence-electron chi connectivity index (χ4n) is 0.713. The molecule has 0 aromatic carbocycles. The zero-order valence-electron chi connectivity index (χ0n) is 5.55. The SMILES string of the molecule is C/C=C/C1NC(=S)SC1=N. The van der Waals surface area contributed by atoms with Gasteiger partial charge in [-0.05, 0) is 18.7 Å². The van der Waals surface area contributed by atoms with Crippen molar-refractivity contribution in [1.82, 2.24) is 5.32 Å². The summed E-state index contributed by atoms with van der Waals surface area (Å²) in [6.07, 6.45) is 3.84. The molecule has 1 aliphatic rings. The van der Waals surface area contributed by atoms with Crippen molar-refractivity contribution in [3.05, 3.63) is 12.2 Å². The fourth-order valence-corrected chi connectivity index (χ4v) is 1.76. The van der Waals surface area contributed by atoms with Gasteiger partial charge in [-0.3, -0.25) is 5.41 Å². The van der Waals surface area contributed by atoms with E-state index in [2.05, 4.69) is 5.32 Å². The van der Waals surface area contributed by atoms with Crippen LogP contribution >= 0.6 is 24.0 Å². The van der Waals surface area contributed by atoms with Gasteiger partial charge >= 0.3 is 0 Å². The molecule has 0 aromatic heterocycles. The van der Waals surface area contributed by atoms with Crippen molar-refractivity contribution in [2.24, 2.45) is 0 Å². The van der Waals surface area contributed by atoms with E-state index < -0.39 is 0 Å². The summed E-state index contributed by atoms with van der Waals surface area (Å²) < 4.78 is 0.702. The summed E-state index contributed by atoms with van der Waals surface area (Å²) in [5.74, 6) is 0. The maximum absolute atomic E-state index is 7.40. The molecule has 1 fully saturated rings. The van der Waals surface area contributed by atoms with Gasteiger partial charge in [-0.15, -0.1) is 0 Å². The molecule has 1 aliphatic heterocycles. The van der Waals surface area contributed by atoms with Crippen LogP contribution in [0.2, 0.25) is 0 Å². The maximum Gasteiger partial charge on any atom is 0.140 e. The van der Waals surface area contributed by atoms with Gasteiger partial charge in [-0.25, -0.2) is 0 Å². The van der Waals surface area contributed by atoms with E-state index in [4.69, 9.17) is 17.6 Å². The quantitative estimate of drug-likeness (QED) is 0.465. The number of rotatable bonds is 1. The lowest BCUT2D eigenvalue weighted by molar-refractivity contribution is 0.961. The average molecular weight is 172 g/mol. The number of hydrogen-bond donors (Lipinski definition) is 2. The minimum atomic E-state index is 0.0301. The molecule has 1 unspecified atom stereocenters. The standard InChI is InChI=1S/C6H8N2S2/c1-2-3-4-5(7)10-6(9)8-4/h2-4,7H,1H3,(H,8,9)/b3-2+,7-5?. The molecule has 0 amide bonds. The van der Waals surface area contributed by atoms with E-state index >= 15 is 0 Å². The highest BCUT2D eigenvalue weighted by molar-refractivity contribution is 8.33. The highest BCUT2D eigenvalue weighted by Crippen LogP contribution is 2.16. The molecular weight excluding hydrogens is 164 g/mol. The summed E-state index contributed by atoms with van der Waals surface area (Å²) in [6, 6.07) is 0.0301. The molecule has 0 aromatic rings. The molecule has 1 rings (SSSR count). The van der Waals surface area contributed by atoms with Crippen LogP contribution in [0.1, 0.15) is 6.92 Å². The predicted octanol–water partition coefficient (Wildman–Crippen LogP) is 1.53. The van der Waals surface area contributed by atoms with Crippen LogP contribution in [-0.4, -0.2) is 15.4 Å². The molecule has 2 N–H and O–H groups in total. The third kappa shape index (κ3) is 1.58. The van der Waals surface area contributed by atoms with Crippen LogP contribution in [0, 0.1) is 5.41 Å². The molecule has 0 saturated carbocycles. The molecule has 0 aliphatic carbocycles. The number of allylic oxidation sites excluding steroid dienone is 1. The molecule has 54 valence electrons. The number of nitrogens with one attached hydrogen (secondary N) is 2. The first-order chi connectivity index (χ1) is 4.74. The summed E-state index contributed by atoms with van der Waals surface area (Å²) in [7, 11) is 0. The van der Waals surface area contributed by atoms with Crippen molar-refractivity contribution in [3.8, 4) is 0 Å². The van der Waals surface area contributed by atoms with E-state index in [1.54, 1.807) is 0 Å². The first-order valence-corrected chi connectivity index (χ1v) is 4.16. The Kier molecular flexibility index (Phi) is 2.45. The molecule has 0 radical (unpaired) electrons. The fraction of sp³-hybridized carbons (Fsp3) is 0.333. The van der Waals surface area contributed by atoms with Crippen LogP contribution < -0.4 is 5.32 Å². The first kappa shape index (κ1) is 7.75. The lowest BCUT2D eigenvalue weighted by Crippen LogP contribution is -2.25. The largest absolute Gasteiger partial charge is 0.358 e. The van der Waals surface area contributed by atoms with Gasteiger partial charge < -0.3 is 5.32 Å². The molecule has 0 bridgehead atoms. The predicted molar refractivity (Wildman–Crippen MR) is 49.7 cm³/mol. The second-order valence-corrected chi connectivity index (χ2v) is 3.62. The maximum atomic E-state index is 7.40. The lowest BCUT2D eigenvalue weighted by atomic mass is 10.3. The lowest BCUT2D eigenvalue weighted by Gasteiger charge is -2.00. The van der Waals surface area contributed by atoms with E-state index in [1.165, 1.54) is 11.8 Å². The Bertz CT molecular complexity index is 198. The van der Waals surface area contributed by atoms with Gasteiger partial charge in [0.2, 0.25) is 0 Å². The number of thiocarbonyl (C=S) groups is 1. The summed E-state index contributed by atoms with van der Waals surface area (Å²) in [5.41, 5.74) is 0. The van der Waals surface area contributed by atoms with Crippen molar-refractivity contribution >= 4 is 33.3 Å². The van der Waals surface area contributed by atoms with Crippen LogP contribution in [0.4, 0.5) is 0 Å². The monoisotopic (exact) mass is 172 g/mol. The van der Waals surface area contributed by atoms with Gasteiger partial charge in [0.05, 0.1) is 11.1 Å². The number of hydrogen-bond acceptors (Lipinski definition) is 3. The van der Waals surface area contributed by atoms with Crippen molar-refractivity contribution in [2.75, 3.05) is 0 Å². The zero-order valence-corrected chi connectivity index (χ0v) is 7.18. The van der Waals surface area contributed by atoms with Gasteiger partial charge in [0.1, 0.15) is 4.32 Å². The molecule has 1 saturated heterocycles. The van der Waals surface area contributed by atoms with Gasteiger partial charge in [-0.1, -0.05) is 24.4 Å². The second kappa shape index (κ2) is 3.16. The van der Waals surface area contributed by atoms with Crippen LogP contribution in [-0.2, 0) is 0 Å². The Balaban J connectivity index is 2.63. The zero-order chi connectivity index (χ0) is 7.56. The highest BCUT2D eigenvalue weighted by Gasteiger charge is 2.21. The third-order valence-electron chi connectivity index (χ3n) is 1.14. The normalized spacial score (nSPS) is 25.9. The summed E-state index contributed by atoms with van der Waals surface area (Å²) in [5, 5.41) is 11.0. The van der Waals surface area contributed by atoms with Gasteiger partial charge in [0.25, 0.3) is 0 Å². The van der Waals surface area contributed by atoms with Crippen LogP contribution in [0.25, 0.3) is 0 Å². The van der Waals surface area contributed by atoms with Crippen molar-refractivity contribution in [1.29, 1.82) is 5.41 Å². The molecular formula is C6H8N2S2. The smallest absolute Gasteiger partial charge is 0.140 e. The van der Waals surface area contributed by atoms with E-state index in [1.807, 2.05) is 19.1 Å². The topological polar surface area (TPSA) is 35.9 Å². The summed E-state index contributed by atoms with van der Waals surface area (Å²) in [4.78, 5) is 0. The third-order valence-corrected chi connectivity index (χ3v) is 2.29. The Labute approximate surface area is 69.6 Å². The minimum Gasteiger partial charge on any atom is -0.358 e. The highest BCUT2D eigenvalue weighted by atomic mass is 32.2. The van der Waals surface area contributed by atoms with Gasteiger partial charge in [0, 0.05) is 0 Å². The molecule has 10 heavy (non-hydrogen) atoms. The summed E-state index contributed by atoms with van der Waals surface area (Å²) in [6.45, 7) is 1.93. The Hall–Kier alpha value is -0.350. The van der Waals surface area contributed by atoms with Crippen LogP contribution in [0.15, 0.2) is 12.2 Å². The Morgan fingerprint density at radius 1 is 1.80 bits per heavy atom.